The number of nitrogens with zero attached hydrogens (tertiary/aromatic N) is 2. The highest BCUT2D eigenvalue weighted by atomic mass is 16.6. The fraction of sp³-hybridized carbons (Fsp3) is 0.333. The topological polar surface area (TPSA) is 97.9 Å². The highest BCUT2D eigenvalue weighted by molar-refractivity contribution is 5.95. The number of aryl methyl sites for hydroxylation is 1. The van der Waals surface area contributed by atoms with Crippen LogP contribution >= 0.6 is 0 Å². The van der Waals surface area contributed by atoms with Crippen molar-refractivity contribution in [1.82, 2.24) is 20.1 Å². The van der Waals surface area contributed by atoms with Crippen LogP contribution in [0.15, 0.2) is 103 Å². The molecule has 0 saturated carbocycles. The van der Waals surface area contributed by atoms with E-state index in [0.717, 1.165) is 58.5 Å². The number of aromatic amines is 1. The lowest BCUT2D eigenvalue weighted by Crippen LogP contribution is -2.35. The number of likely N-dealkylation sites (tertiary alicyclic amines) is 1. The summed E-state index contributed by atoms with van der Waals surface area (Å²) in [6, 6.07) is 23.9. The maximum Gasteiger partial charge on any atom is 0.251 e. The Morgan fingerprint density at radius 1 is 1.02 bits per heavy atom. The minimum atomic E-state index is -1.37. The predicted molar refractivity (Wildman–Crippen MR) is 185 cm³/mol. The first-order valence-corrected chi connectivity index (χ1v) is 16.7. The van der Waals surface area contributed by atoms with Gasteiger partial charge in [-0.1, -0.05) is 54.6 Å². The number of hydrogen-bond donors (Lipinski definition) is 3. The fourth-order valence-corrected chi connectivity index (χ4v) is 6.51. The second-order valence-corrected chi connectivity index (χ2v) is 12.4. The number of rotatable bonds is 13. The Morgan fingerprint density at radius 2 is 1.81 bits per heavy atom. The molecule has 1 saturated heterocycles. The average Bonchev–Trinajstić information content (AvgIpc) is 3.77. The Bertz CT molecular complexity index is 1770. The molecule has 1 fully saturated rings. The number of aliphatic hydroxyl groups is 1. The maximum absolute atomic E-state index is 13.9. The molecule has 3 aromatic carbocycles. The lowest BCUT2D eigenvalue weighted by atomic mass is 9.99. The van der Waals surface area contributed by atoms with Crippen LogP contribution in [0.3, 0.4) is 0 Å². The molecule has 6 rings (SSSR count). The summed E-state index contributed by atoms with van der Waals surface area (Å²) in [7, 11) is 0. The number of allylic oxidation sites excluding steroid dienone is 1. The highest BCUT2D eigenvalue weighted by Gasteiger charge is 2.28. The average molecular weight is 633 g/mol. The first kappa shape index (κ1) is 32.4. The Labute approximate surface area is 276 Å². The van der Waals surface area contributed by atoms with Gasteiger partial charge in [-0.3, -0.25) is 9.59 Å². The summed E-state index contributed by atoms with van der Waals surface area (Å²) >= 11 is 0. The maximum atomic E-state index is 13.9. The van der Waals surface area contributed by atoms with Gasteiger partial charge in [0, 0.05) is 60.9 Å². The number of benzene rings is 3. The van der Waals surface area contributed by atoms with Crippen molar-refractivity contribution in [3.8, 4) is 11.1 Å². The number of fused-ring (bicyclic) bond motifs is 1. The van der Waals surface area contributed by atoms with E-state index in [1.165, 1.54) is 12.8 Å². The number of para-hydroxylation sites is 1. The van der Waals surface area contributed by atoms with E-state index in [9.17, 15) is 14.7 Å². The van der Waals surface area contributed by atoms with Gasteiger partial charge in [-0.25, -0.2) is 0 Å². The molecule has 1 aliphatic carbocycles. The van der Waals surface area contributed by atoms with E-state index in [4.69, 9.17) is 4.74 Å². The molecule has 244 valence electrons. The monoisotopic (exact) mass is 632 g/mol. The van der Waals surface area contributed by atoms with Crippen molar-refractivity contribution in [2.75, 3.05) is 32.8 Å². The van der Waals surface area contributed by atoms with Crippen molar-refractivity contribution in [1.29, 1.82) is 0 Å². The molecule has 3 N–H and O–H groups in total. The molecule has 8 heteroatoms. The van der Waals surface area contributed by atoms with Crippen LogP contribution in [0, 0.1) is 0 Å². The molecular weight excluding hydrogens is 588 g/mol. The van der Waals surface area contributed by atoms with Gasteiger partial charge in [-0.05, 0) is 97.9 Å². The molecule has 0 radical (unpaired) electrons. The second-order valence-electron chi connectivity index (χ2n) is 12.4. The van der Waals surface area contributed by atoms with Crippen LogP contribution in [-0.2, 0) is 22.5 Å². The zero-order chi connectivity index (χ0) is 32.6. The molecule has 0 bridgehead atoms. The summed E-state index contributed by atoms with van der Waals surface area (Å²) in [6.07, 6.45) is 10.9. The third-order valence-electron chi connectivity index (χ3n) is 9.05. The third-order valence-corrected chi connectivity index (χ3v) is 9.05. The smallest absolute Gasteiger partial charge is 0.251 e. The highest BCUT2D eigenvalue weighted by Crippen LogP contribution is 2.28. The summed E-state index contributed by atoms with van der Waals surface area (Å²) in [6.45, 7) is 6.31. The molecule has 2 heterocycles. The lowest BCUT2D eigenvalue weighted by molar-refractivity contribution is -0.161. The van der Waals surface area contributed by atoms with E-state index in [0.29, 0.717) is 38.1 Å². The molecular formula is C39H44N4O4. The van der Waals surface area contributed by atoms with Gasteiger partial charge in [0.2, 0.25) is 5.91 Å². The summed E-state index contributed by atoms with van der Waals surface area (Å²) in [5, 5.41) is 15.0. The number of H-pyrrole nitrogens is 1. The van der Waals surface area contributed by atoms with E-state index < -0.39 is 5.79 Å². The van der Waals surface area contributed by atoms with Gasteiger partial charge in [-0.2, -0.15) is 0 Å². The molecule has 2 aliphatic rings. The van der Waals surface area contributed by atoms with Crippen LogP contribution in [0.1, 0.15) is 54.1 Å². The summed E-state index contributed by atoms with van der Waals surface area (Å²) in [5.41, 5.74) is 6.39. The van der Waals surface area contributed by atoms with Crippen molar-refractivity contribution in [3.63, 3.8) is 0 Å². The minimum absolute atomic E-state index is 0.00830. The Hall–Kier alpha value is -4.50. The van der Waals surface area contributed by atoms with E-state index >= 15 is 0 Å². The second kappa shape index (κ2) is 14.9. The lowest BCUT2D eigenvalue weighted by Gasteiger charge is -2.31. The normalized spacial score (nSPS) is 18.0. The summed E-state index contributed by atoms with van der Waals surface area (Å²) in [5.74, 6) is -1.45. The van der Waals surface area contributed by atoms with Crippen molar-refractivity contribution in [3.05, 3.63) is 120 Å². The Morgan fingerprint density at radius 3 is 2.60 bits per heavy atom. The molecule has 1 atom stereocenters. The van der Waals surface area contributed by atoms with Gasteiger partial charge in [0.25, 0.3) is 5.91 Å². The molecule has 47 heavy (non-hydrogen) atoms. The number of carbonyl (C=O) groups excluding carboxylic acids is 2. The first-order chi connectivity index (χ1) is 22.9. The molecule has 1 unspecified atom stereocenters. The molecule has 2 amide bonds. The number of nitrogens with one attached hydrogen (secondary N) is 2. The Kier molecular flexibility index (Phi) is 10.3. The van der Waals surface area contributed by atoms with Gasteiger partial charge >= 0.3 is 0 Å². The Balaban J connectivity index is 1.18. The zero-order valence-electron chi connectivity index (χ0n) is 27.1. The van der Waals surface area contributed by atoms with Gasteiger partial charge in [0.15, 0.2) is 5.79 Å². The third kappa shape index (κ3) is 8.08. The number of carbonyl (C=O) groups is 2. The van der Waals surface area contributed by atoms with E-state index in [2.05, 4.69) is 27.3 Å². The summed E-state index contributed by atoms with van der Waals surface area (Å²) in [4.78, 5) is 34.3. The molecule has 1 aliphatic heterocycles. The standard InChI is InChI=1S/C39H44N4O4/c1-2-47-39(46)19-17-34(18-20-39)43(37(44)16-15-33-27-41-36-14-4-3-13-35(33)36)28-29-9-7-10-30(25-29)31-11-8-12-32(26-31)38(45)40-21-24-42-22-5-6-23-42/h3-4,7-14,17-19,25-27,41,46H,2,5-6,15-16,20-24,28H2,1H3,(H,40,45). The largest absolute Gasteiger partial charge is 0.362 e. The molecule has 0 spiro atoms. The minimum Gasteiger partial charge on any atom is -0.362 e. The van der Waals surface area contributed by atoms with Crippen LogP contribution in [0.5, 0.6) is 0 Å². The van der Waals surface area contributed by atoms with Crippen LogP contribution in [0.25, 0.3) is 22.0 Å². The molecule has 8 nitrogen and oxygen atoms in total. The van der Waals surface area contributed by atoms with Crippen molar-refractivity contribution in [2.24, 2.45) is 0 Å². The van der Waals surface area contributed by atoms with Gasteiger partial charge < -0.3 is 29.9 Å². The quantitative estimate of drug-likeness (QED) is 0.153. The van der Waals surface area contributed by atoms with Crippen LogP contribution in [-0.4, -0.2) is 70.3 Å². The van der Waals surface area contributed by atoms with E-state index in [-0.39, 0.29) is 18.2 Å². The molecule has 4 aromatic rings. The van der Waals surface area contributed by atoms with Crippen molar-refractivity contribution in [2.45, 2.75) is 51.4 Å². The predicted octanol–water partition coefficient (Wildman–Crippen LogP) is 6.19. The van der Waals surface area contributed by atoms with Crippen molar-refractivity contribution >= 4 is 22.7 Å². The van der Waals surface area contributed by atoms with Crippen LogP contribution in [0.4, 0.5) is 0 Å². The van der Waals surface area contributed by atoms with Gasteiger partial charge in [-0.15, -0.1) is 0 Å². The molecule has 1 aromatic heterocycles. The van der Waals surface area contributed by atoms with Gasteiger partial charge in [0.05, 0.1) is 6.54 Å². The van der Waals surface area contributed by atoms with Crippen LogP contribution in [0.2, 0.25) is 0 Å². The van der Waals surface area contributed by atoms with E-state index in [1.54, 1.807) is 17.1 Å². The SMILES string of the molecule is CCOC1(O)C=CC(N(Cc2cccc(-c3cccc(C(=O)NCCN4CCCC4)c3)c2)C(=O)CCc2c[nH]c3ccccc23)=CC1. The number of ether oxygens (including phenoxy) is 1. The number of aromatic nitrogens is 1. The van der Waals surface area contributed by atoms with Crippen molar-refractivity contribution < 1.29 is 19.4 Å². The number of hydrogen-bond acceptors (Lipinski definition) is 5. The van der Waals surface area contributed by atoms with Crippen LogP contribution < -0.4 is 5.32 Å². The summed E-state index contributed by atoms with van der Waals surface area (Å²) < 4.78 is 5.54. The zero-order valence-corrected chi connectivity index (χ0v) is 27.1. The number of amides is 2. The van der Waals surface area contributed by atoms with Gasteiger partial charge in [0.1, 0.15) is 0 Å². The first-order valence-electron chi connectivity index (χ1n) is 16.7. The fourth-order valence-electron chi connectivity index (χ4n) is 6.51. The van der Waals surface area contributed by atoms with E-state index in [1.807, 2.05) is 79.9 Å².